The minimum absolute atomic E-state index is 0.0506. The van der Waals surface area contributed by atoms with Crippen molar-refractivity contribution in [3.63, 3.8) is 0 Å². The van der Waals surface area contributed by atoms with Gasteiger partial charge < -0.3 is 15.0 Å². The van der Waals surface area contributed by atoms with Crippen molar-refractivity contribution in [1.29, 1.82) is 0 Å². The summed E-state index contributed by atoms with van der Waals surface area (Å²) < 4.78 is 5.35. The molecule has 0 atom stereocenters. The molecule has 0 spiro atoms. The summed E-state index contributed by atoms with van der Waals surface area (Å²) in [6.45, 7) is 5.31. The van der Waals surface area contributed by atoms with Gasteiger partial charge in [-0.2, -0.15) is 0 Å². The van der Waals surface area contributed by atoms with Gasteiger partial charge >= 0.3 is 0 Å². The van der Waals surface area contributed by atoms with Crippen LogP contribution >= 0.6 is 0 Å². The lowest BCUT2D eigenvalue weighted by Gasteiger charge is -2.43. The number of hydrogen-bond donors (Lipinski definition) is 1. The van der Waals surface area contributed by atoms with Crippen LogP contribution in [0, 0.1) is 0 Å². The van der Waals surface area contributed by atoms with E-state index in [1.54, 1.807) is 7.11 Å². The average molecular weight is 234 g/mol. The summed E-state index contributed by atoms with van der Waals surface area (Å²) in [7, 11) is 1.65. The number of ether oxygens (including phenoxy) is 1. The van der Waals surface area contributed by atoms with Crippen LogP contribution < -0.4 is 15.0 Å². The van der Waals surface area contributed by atoms with E-state index in [0.717, 1.165) is 18.0 Å². The van der Waals surface area contributed by atoms with Crippen LogP contribution in [0.1, 0.15) is 13.8 Å². The Hall–Kier alpha value is -1.71. The molecule has 1 aliphatic rings. The number of nitrogens with zero attached hydrogens (tertiary/aromatic N) is 1. The Kier molecular flexibility index (Phi) is 2.96. The summed E-state index contributed by atoms with van der Waals surface area (Å²) in [5.74, 6) is 0.852. The van der Waals surface area contributed by atoms with Crippen LogP contribution in [0.5, 0.6) is 5.75 Å². The first-order valence-electron chi connectivity index (χ1n) is 5.76. The lowest BCUT2D eigenvalue weighted by Crippen LogP contribution is -2.62. The van der Waals surface area contributed by atoms with E-state index in [1.165, 1.54) is 0 Å². The Morgan fingerprint density at radius 2 is 2.06 bits per heavy atom. The predicted molar refractivity (Wildman–Crippen MR) is 67.4 cm³/mol. The van der Waals surface area contributed by atoms with Gasteiger partial charge in [0.15, 0.2) is 0 Å². The van der Waals surface area contributed by atoms with Gasteiger partial charge in [-0.05, 0) is 26.0 Å². The fourth-order valence-electron chi connectivity index (χ4n) is 2.17. The third-order valence-corrected chi connectivity index (χ3v) is 3.23. The number of benzene rings is 1. The van der Waals surface area contributed by atoms with E-state index in [2.05, 4.69) is 10.2 Å². The van der Waals surface area contributed by atoms with Crippen LogP contribution in [0.15, 0.2) is 24.3 Å². The van der Waals surface area contributed by atoms with E-state index in [4.69, 9.17) is 4.74 Å². The molecule has 1 heterocycles. The summed E-state index contributed by atoms with van der Waals surface area (Å²) in [6.07, 6.45) is 0. The molecule has 1 aromatic rings. The highest BCUT2D eigenvalue weighted by Gasteiger charge is 2.38. The van der Waals surface area contributed by atoms with Crippen molar-refractivity contribution in [3.05, 3.63) is 24.3 Å². The van der Waals surface area contributed by atoms with Gasteiger partial charge in [0.2, 0.25) is 5.91 Å². The molecule has 1 aliphatic heterocycles. The molecule has 1 aromatic carbocycles. The number of methoxy groups -OCH3 is 1. The van der Waals surface area contributed by atoms with E-state index < -0.39 is 5.54 Å². The molecule has 0 saturated carbocycles. The first-order valence-corrected chi connectivity index (χ1v) is 5.76. The number of nitrogens with one attached hydrogen (secondary N) is 1. The van der Waals surface area contributed by atoms with Gasteiger partial charge in [-0.1, -0.05) is 12.1 Å². The fourth-order valence-corrected chi connectivity index (χ4v) is 2.17. The molecule has 4 nitrogen and oxygen atoms in total. The molecule has 0 radical (unpaired) electrons. The van der Waals surface area contributed by atoms with E-state index in [9.17, 15) is 4.79 Å². The predicted octanol–water partition coefficient (Wildman–Crippen LogP) is 1.41. The Labute approximate surface area is 102 Å². The molecule has 4 heteroatoms. The van der Waals surface area contributed by atoms with Crippen LogP contribution in [0.2, 0.25) is 0 Å². The maximum absolute atomic E-state index is 11.9. The second-order valence-corrected chi connectivity index (χ2v) is 4.64. The first kappa shape index (κ1) is 11.8. The number of anilines is 1. The second kappa shape index (κ2) is 4.28. The van der Waals surface area contributed by atoms with Crippen LogP contribution in [-0.2, 0) is 4.79 Å². The lowest BCUT2D eigenvalue weighted by molar-refractivity contribution is -0.126. The van der Waals surface area contributed by atoms with Gasteiger partial charge in [-0.15, -0.1) is 0 Å². The van der Waals surface area contributed by atoms with Gasteiger partial charge in [-0.25, -0.2) is 0 Å². The SMILES string of the molecule is COc1ccccc1N1CCNC(=O)C1(C)C. The Morgan fingerprint density at radius 1 is 1.35 bits per heavy atom. The topological polar surface area (TPSA) is 41.6 Å². The molecule has 0 aromatic heterocycles. The Balaban J connectivity index is 2.41. The number of hydrogen-bond acceptors (Lipinski definition) is 3. The summed E-state index contributed by atoms with van der Waals surface area (Å²) in [5, 5.41) is 2.89. The zero-order chi connectivity index (χ0) is 12.5. The number of carbonyl (C=O) groups is 1. The monoisotopic (exact) mass is 234 g/mol. The summed E-state index contributed by atoms with van der Waals surface area (Å²) in [4.78, 5) is 14.0. The molecular formula is C13H18N2O2. The lowest BCUT2D eigenvalue weighted by atomic mass is 9.97. The number of rotatable bonds is 2. The molecule has 92 valence electrons. The largest absolute Gasteiger partial charge is 0.495 e. The standard InChI is InChI=1S/C13H18N2O2/c1-13(2)12(16)14-8-9-15(13)10-6-4-5-7-11(10)17-3/h4-7H,8-9H2,1-3H3,(H,14,16). The molecule has 0 unspecified atom stereocenters. The third kappa shape index (κ3) is 1.95. The average Bonchev–Trinajstić information content (AvgIpc) is 2.33. The normalized spacial score (nSPS) is 18.8. The number of piperazine rings is 1. The van der Waals surface area contributed by atoms with Gasteiger partial charge in [0.1, 0.15) is 11.3 Å². The van der Waals surface area contributed by atoms with Gasteiger partial charge in [0.05, 0.1) is 12.8 Å². The van der Waals surface area contributed by atoms with Crippen LogP contribution in [0.3, 0.4) is 0 Å². The first-order chi connectivity index (χ1) is 8.07. The van der Waals surface area contributed by atoms with Crippen LogP contribution in [-0.4, -0.2) is 31.6 Å². The quantitative estimate of drug-likeness (QED) is 0.841. The minimum atomic E-state index is -0.549. The molecule has 17 heavy (non-hydrogen) atoms. The van der Waals surface area contributed by atoms with E-state index in [-0.39, 0.29) is 5.91 Å². The van der Waals surface area contributed by atoms with Crippen LogP contribution in [0.25, 0.3) is 0 Å². The molecule has 0 bridgehead atoms. The van der Waals surface area contributed by atoms with Crippen molar-refractivity contribution in [2.45, 2.75) is 19.4 Å². The van der Waals surface area contributed by atoms with Crippen molar-refractivity contribution < 1.29 is 9.53 Å². The fraction of sp³-hybridized carbons (Fsp3) is 0.462. The van der Waals surface area contributed by atoms with Crippen molar-refractivity contribution >= 4 is 11.6 Å². The summed E-state index contributed by atoms with van der Waals surface area (Å²) in [6, 6.07) is 7.79. The second-order valence-electron chi connectivity index (χ2n) is 4.64. The van der Waals surface area contributed by atoms with Gasteiger partial charge in [0, 0.05) is 13.1 Å². The van der Waals surface area contributed by atoms with Crippen molar-refractivity contribution in [2.24, 2.45) is 0 Å². The molecule has 1 N–H and O–H groups in total. The highest BCUT2D eigenvalue weighted by molar-refractivity contribution is 5.91. The minimum Gasteiger partial charge on any atom is -0.495 e. The van der Waals surface area contributed by atoms with E-state index >= 15 is 0 Å². The molecule has 2 rings (SSSR count). The maximum Gasteiger partial charge on any atom is 0.245 e. The van der Waals surface area contributed by atoms with Crippen molar-refractivity contribution in [3.8, 4) is 5.75 Å². The Morgan fingerprint density at radius 3 is 2.76 bits per heavy atom. The van der Waals surface area contributed by atoms with Gasteiger partial charge in [0.25, 0.3) is 0 Å². The Bertz CT molecular complexity index is 429. The smallest absolute Gasteiger partial charge is 0.245 e. The van der Waals surface area contributed by atoms with Crippen LogP contribution in [0.4, 0.5) is 5.69 Å². The van der Waals surface area contributed by atoms with Gasteiger partial charge in [-0.3, -0.25) is 4.79 Å². The maximum atomic E-state index is 11.9. The number of amides is 1. The zero-order valence-electron chi connectivity index (χ0n) is 10.5. The number of para-hydroxylation sites is 2. The molecule has 0 aliphatic carbocycles. The number of carbonyl (C=O) groups excluding carboxylic acids is 1. The van der Waals surface area contributed by atoms with E-state index in [0.29, 0.717) is 6.54 Å². The highest BCUT2D eigenvalue weighted by Crippen LogP contribution is 2.33. The summed E-state index contributed by atoms with van der Waals surface area (Å²) >= 11 is 0. The van der Waals surface area contributed by atoms with Crippen molar-refractivity contribution in [2.75, 3.05) is 25.1 Å². The van der Waals surface area contributed by atoms with E-state index in [1.807, 2.05) is 38.1 Å². The molecule has 1 saturated heterocycles. The molecule has 1 fully saturated rings. The highest BCUT2D eigenvalue weighted by atomic mass is 16.5. The molecular weight excluding hydrogens is 216 g/mol. The molecule has 1 amide bonds. The van der Waals surface area contributed by atoms with Crippen molar-refractivity contribution in [1.82, 2.24) is 5.32 Å². The zero-order valence-corrected chi connectivity index (χ0v) is 10.5. The summed E-state index contributed by atoms with van der Waals surface area (Å²) in [5.41, 5.74) is 0.419. The third-order valence-electron chi connectivity index (χ3n) is 3.23.